The minimum absolute atomic E-state index is 0.00480. The minimum atomic E-state index is -1.01. The fourth-order valence-corrected chi connectivity index (χ4v) is 6.11. The molecule has 9 heteroatoms. The van der Waals surface area contributed by atoms with Crippen molar-refractivity contribution in [3.05, 3.63) is 52.0 Å². The molecule has 4 rings (SSSR count). The van der Waals surface area contributed by atoms with Gasteiger partial charge < -0.3 is 24.8 Å². The maximum Gasteiger partial charge on any atom is 0.325 e. The summed E-state index contributed by atoms with van der Waals surface area (Å²) in [6.45, 7) is 7.67. The number of unbranched alkanes of at least 4 members (excludes halogenated alkanes) is 2. The van der Waals surface area contributed by atoms with Gasteiger partial charge in [0.15, 0.2) is 11.6 Å². The lowest BCUT2D eigenvalue weighted by atomic mass is 9.95. The second-order valence-corrected chi connectivity index (χ2v) is 12.3. The average molecular weight is 585 g/mol. The number of likely N-dealkylation sites (tertiary alicyclic amines) is 1. The number of aromatic nitrogens is 1. The molecule has 3 heterocycles. The van der Waals surface area contributed by atoms with Gasteiger partial charge in [-0.3, -0.25) is 9.69 Å². The average Bonchev–Trinajstić information content (AvgIpc) is 3.41. The third kappa shape index (κ3) is 8.20. The Balaban J connectivity index is 1.26. The number of halogens is 1. The smallest absolute Gasteiger partial charge is 0.325 e. The van der Waals surface area contributed by atoms with Gasteiger partial charge in [0, 0.05) is 44.0 Å². The molecule has 232 valence electrons. The standard InChI is InChI=1S/C33H49FN4O4/c1-22(2)24-19-28(31(41-5)29(34)20-24)30(33(39)40)38-16-13-26(21-38)42-17-8-6-7-10-25-18-23(12-15-37(3)4)27-11-9-14-35-32(27)36-25/h18-20,22,26,30H,6-17,21H2,1-5H3,(H,35,36)(H,39,40)/t26-,30+/m1/s1. The molecule has 2 aliphatic rings. The highest BCUT2D eigenvalue weighted by atomic mass is 19.1. The van der Waals surface area contributed by atoms with E-state index in [1.807, 2.05) is 18.7 Å². The summed E-state index contributed by atoms with van der Waals surface area (Å²) >= 11 is 0. The number of anilines is 1. The molecule has 2 aromatic rings. The zero-order chi connectivity index (χ0) is 30.2. The molecule has 2 atom stereocenters. The number of carboxylic acids is 1. The number of nitrogens with zero attached hydrogens (tertiary/aromatic N) is 3. The number of methoxy groups -OCH3 is 1. The van der Waals surface area contributed by atoms with Gasteiger partial charge in [0.1, 0.15) is 11.9 Å². The number of benzene rings is 1. The Bertz CT molecular complexity index is 1210. The van der Waals surface area contributed by atoms with E-state index in [-0.39, 0.29) is 17.8 Å². The van der Waals surface area contributed by atoms with Crippen LogP contribution in [0.2, 0.25) is 0 Å². The van der Waals surface area contributed by atoms with Crippen molar-refractivity contribution in [2.45, 2.75) is 83.3 Å². The molecule has 0 bridgehead atoms. The third-order valence-corrected chi connectivity index (χ3v) is 8.46. The topological polar surface area (TPSA) is 87.2 Å². The number of hydrogen-bond donors (Lipinski definition) is 2. The molecule has 1 fully saturated rings. The molecule has 0 spiro atoms. The molecular formula is C33H49FN4O4. The third-order valence-electron chi connectivity index (χ3n) is 8.46. The summed E-state index contributed by atoms with van der Waals surface area (Å²) < 4.78 is 26.3. The van der Waals surface area contributed by atoms with Crippen LogP contribution in [0.15, 0.2) is 18.2 Å². The Labute approximate surface area is 250 Å². The Hall–Kier alpha value is -2.75. The highest BCUT2D eigenvalue weighted by molar-refractivity contribution is 5.77. The number of aliphatic carboxylic acids is 1. The Morgan fingerprint density at radius 2 is 2.02 bits per heavy atom. The van der Waals surface area contributed by atoms with Crippen molar-refractivity contribution in [2.24, 2.45) is 0 Å². The molecule has 0 radical (unpaired) electrons. The van der Waals surface area contributed by atoms with Gasteiger partial charge >= 0.3 is 5.97 Å². The Morgan fingerprint density at radius 3 is 2.74 bits per heavy atom. The van der Waals surface area contributed by atoms with Crippen molar-refractivity contribution in [3.63, 3.8) is 0 Å². The largest absolute Gasteiger partial charge is 0.493 e. The maximum atomic E-state index is 14.8. The minimum Gasteiger partial charge on any atom is -0.493 e. The number of carboxylic acid groups (broad SMARTS) is 1. The van der Waals surface area contributed by atoms with Crippen LogP contribution >= 0.6 is 0 Å². The Kier molecular flexibility index (Phi) is 11.6. The van der Waals surface area contributed by atoms with Crippen LogP contribution in [-0.4, -0.2) is 86.0 Å². The SMILES string of the molecule is COc1c(F)cc(C(C)C)cc1[C@@H](C(=O)O)N1CC[C@@H](OCCCCCc2cc(CCN(C)C)c3c(n2)NCCC3)C1. The summed E-state index contributed by atoms with van der Waals surface area (Å²) in [5.74, 6) is -0.380. The maximum absolute atomic E-state index is 14.8. The van der Waals surface area contributed by atoms with Crippen molar-refractivity contribution in [3.8, 4) is 5.75 Å². The second kappa shape index (κ2) is 15.1. The molecule has 1 saturated heterocycles. The van der Waals surface area contributed by atoms with Gasteiger partial charge in [0.2, 0.25) is 0 Å². The van der Waals surface area contributed by atoms with Crippen LogP contribution in [0, 0.1) is 5.82 Å². The molecular weight excluding hydrogens is 535 g/mol. The Morgan fingerprint density at radius 1 is 1.21 bits per heavy atom. The van der Waals surface area contributed by atoms with E-state index in [1.165, 1.54) is 24.3 Å². The summed E-state index contributed by atoms with van der Waals surface area (Å²) in [6, 6.07) is 4.54. The summed E-state index contributed by atoms with van der Waals surface area (Å²) in [5, 5.41) is 13.7. The second-order valence-electron chi connectivity index (χ2n) is 12.3. The van der Waals surface area contributed by atoms with E-state index in [2.05, 4.69) is 30.4 Å². The highest BCUT2D eigenvalue weighted by Gasteiger charge is 2.36. The van der Waals surface area contributed by atoms with Crippen LogP contribution in [0.5, 0.6) is 5.75 Å². The number of likely N-dealkylation sites (N-methyl/N-ethyl adjacent to an activating group) is 1. The molecule has 0 saturated carbocycles. The summed E-state index contributed by atoms with van der Waals surface area (Å²) in [6.07, 6.45) is 8.03. The highest BCUT2D eigenvalue weighted by Crippen LogP contribution is 2.37. The number of aryl methyl sites for hydroxylation is 1. The number of rotatable bonds is 15. The quantitative estimate of drug-likeness (QED) is 0.268. The van der Waals surface area contributed by atoms with Gasteiger partial charge in [-0.1, -0.05) is 20.3 Å². The van der Waals surface area contributed by atoms with E-state index >= 15 is 0 Å². The first kappa shape index (κ1) is 32.2. The number of fused-ring (bicyclic) bond motifs is 1. The van der Waals surface area contributed by atoms with Crippen molar-refractivity contribution >= 4 is 11.8 Å². The van der Waals surface area contributed by atoms with Crippen LogP contribution in [0.4, 0.5) is 10.2 Å². The van der Waals surface area contributed by atoms with E-state index in [9.17, 15) is 14.3 Å². The van der Waals surface area contributed by atoms with Gasteiger partial charge in [-0.05, 0) is 99.8 Å². The molecule has 42 heavy (non-hydrogen) atoms. The zero-order valence-corrected chi connectivity index (χ0v) is 26.0. The summed E-state index contributed by atoms with van der Waals surface area (Å²) in [7, 11) is 5.62. The van der Waals surface area contributed by atoms with Crippen molar-refractivity contribution in [1.82, 2.24) is 14.8 Å². The first-order chi connectivity index (χ1) is 20.2. The lowest BCUT2D eigenvalue weighted by Crippen LogP contribution is -2.34. The number of hydrogen-bond acceptors (Lipinski definition) is 7. The summed E-state index contributed by atoms with van der Waals surface area (Å²) in [4.78, 5) is 21.4. The van der Waals surface area contributed by atoms with Gasteiger partial charge in [-0.25, -0.2) is 9.37 Å². The predicted molar refractivity (Wildman–Crippen MR) is 164 cm³/mol. The summed E-state index contributed by atoms with van der Waals surface area (Å²) in [5.41, 5.74) is 5.11. The van der Waals surface area contributed by atoms with E-state index < -0.39 is 17.8 Å². The first-order valence-corrected chi connectivity index (χ1v) is 15.5. The van der Waals surface area contributed by atoms with Crippen LogP contribution in [0.1, 0.15) is 85.9 Å². The molecule has 0 amide bonds. The lowest BCUT2D eigenvalue weighted by molar-refractivity contribution is -0.143. The number of nitrogens with one attached hydrogen (secondary N) is 1. The fraction of sp³-hybridized carbons (Fsp3) is 0.636. The van der Waals surface area contributed by atoms with E-state index in [0.29, 0.717) is 25.3 Å². The molecule has 2 N–H and O–H groups in total. The van der Waals surface area contributed by atoms with Crippen molar-refractivity contribution < 1.29 is 23.8 Å². The van der Waals surface area contributed by atoms with Gasteiger partial charge in [-0.15, -0.1) is 0 Å². The van der Waals surface area contributed by atoms with Crippen molar-refractivity contribution in [2.75, 3.05) is 59.3 Å². The van der Waals surface area contributed by atoms with E-state index in [1.54, 1.807) is 6.07 Å². The number of ether oxygens (including phenoxy) is 2. The van der Waals surface area contributed by atoms with E-state index in [4.69, 9.17) is 14.5 Å². The number of pyridine rings is 1. The molecule has 0 unspecified atom stereocenters. The van der Waals surface area contributed by atoms with Crippen LogP contribution in [0.25, 0.3) is 0 Å². The lowest BCUT2D eigenvalue weighted by Gasteiger charge is -2.27. The zero-order valence-electron chi connectivity index (χ0n) is 26.0. The van der Waals surface area contributed by atoms with Crippen LogP contribution in [0.3, 0.4) is 0 Å². The molecule has 2 aliphatic heterocycles. The van der Waals surface area contributed by atoms with Crippen molar-refractivity contribution in [1.29, 1.82) is 0 Å². The first-order valence-electron chi connectivity index (χ1n) is 15.5. The molecule has 8 nitrogen and oxygen atoms in total. The van der Waals surface area contributed by atoms with Crippen LogP contribution in [-0.2, 0) is 28.8 Å². The monoisotopic (exact) mass is 584 g/mol. The molecule has 1 aromatic heterocycles. The molecule has 0 aliphatic carbocycles. The molecule has 1 aromatic carbocycles. The predicted octanol–water partition coefficient (Wildman–Crippen LogP) is 5.44. The number of carbonyl (C=O) groups is 1. The van der Waals surface area contributed by atoms with Gasteiger partial charge in [0.05, 0.1) is 13.2 Å². The van der Waals surface area contributed by atoms with Gasteiger partial charge in [-0.2, -0.15) is 0 Å². The fourth-order valence-electron chi connectivity index (χ4n) is 6.11. The van der Waals surface area contributed by atoms with Crippen LogP contribution < -0.4 is 10.1 Å². The normalized spacial score (nSPS) is 17.9. The van der Waals surface area contributed by atoms with Gasteiger partial charge in [0.25, 0.3) is 0 Å². The van der Waals surface area contributed by atoms with E-state index in [0.717, 1.165) is 81.5 Å².